The Morgan fingerprint density at radius 2 is 1.42 bits per heavy atom. The molecule has 0 aromatic heterocycles. The third-order valence-corrected chi connectivity index (χ3v) is 2.42. The molecule has 0 saturated carbocycles. The van der Waals surface area contributed by atoms with Gasteiger partial charge in [-0.1, -0.05) is 0 Å². The van der Waals surface area contributed by atoms with Crippen molar-refractivity contribution in [3.63, 3.8) is 0 Å². The molecular formula is C7H18Cl2N2O. The Balaban J connectivity index is 0. The van der Waals surface area contributed by atoms with Crippen LogP contribution >= 0.6 is 24.8 Å². The Labute approximate surface area is 86.0 Å². The van der Waals surface area contributed by atoms with E-state index in [-0.39, 0.29) is 30.2 Å². The van der Waals surface area contributed by atoms with Crippen LogP contribution in [0.25, 0.3) is 0 Å². The van der Waals surface area contributed by atoms with Crippen LogP contribution in [0.2, 0.25) is 0 Å². The Kier molecular flexibility index (Phi) is 8.63. The van der Waals surface area contributed by atoms with Crippen LogP contribution in [0.3, 0.4) is 0 Å². The number of rotatable bonds is 2. The fourth-order valence-electron chi connectivity index (χ4n) is 1.30. The van der Waals surface area contributed by atoms with Gasteiger partial charge in [-0.25, -0.2) is 0 Å². The maximum absolute atomic E-state index is 5.61. The second kappa shape index (κ2) is 6.92. The monoisotopic (exact) mass is 216 g/mol. The van der Waals surface area contributed by atoms with Crippen LogP contribution in [-0.2, 0) is 4.74 Å². The van der Waals surface area contributed by atoms with Gasteiger partial charge in [-0.15, -0.1) is 24.8 Å². The van der Waals surface area contributed by atoms with E-state index >= 15 is 0 Å². The smallest absolute Gasteiger partial charge is 0.0472 e. The van der Waals surface area contributed by atoms with Gasteiger partial charge in [0.2, 0.25) is 0 Å². The maximum Gasteiger partial charge on any atom is 0.0472 e. The quantitative estimate of drug-likeness (QED) is 0.709. The molecule has 1 saturated heterocycles. The average Bonchev–Trinajstić information content (AvgIpc) is 2.06. The van der Waals surface area contributed by atoms with E-state index in [9.17, 15) is 0 Å². The van der Waals surface area contributed by atoms with E-state index < -0.39 is 0 Å². The number of ether oxygens (including phenoxy) is 1. The topological polar surface area (TPSA) is 61.3 Å². The highest BCUT2D eigenvalue weighted by molar-refractivity contribution is 5.85. The molecule has 12 heavy (non-hydrogen) atoms. The predicted octanol–water partition coefficient (Wildman–Crippen LogP) is 0.544. The summed E-state index contributed by atoms with van der Waals surface area (Å²) in [6, 6.07) is 0. The highest BCUT2D eigenvalue weighted by Crippen LogP contribution is 2.27. The number of hydrogen-bond acceptors (Lipinski definition) is 3. The molecular weight excluding hydrogens is 199 g/mol. The Morgan fingerprint density at radius 1 is 1.00 bits per heavy atom. The summed E-state index contributed by atoms with van der Waals surface area (Å²) in [5.74, 6) is 0. The number of halogens is 2. The van der Waals surface area contributed by atoms with Crippen LogP contribution in [0.15, 0.2) is 0 Å². The minimum absolute atomic E-state index is 0. The predicted molar refractivity (Wildman–Crippen MR) is 55.1 cm³/mol. The van der Waals surface area contributed by atoms with Gasteiger partial charge in [0.05, 0.1) is 0 Å². The molecule has 1 fully saturated rings. The first-order valence-electron chi connectivity index (χ1n) is 3.81. The van der Waals surface area contributed by atoms with Crippen molar-refractivity contribution < 1.29 is 4.74 Å². The van der Waals surface area contributed by atoms with Gasteiger partial charge in [-0.05, 0) is 31.3 Å². The van der Waals surface area contributed by atoms with Crippen molar-refractivity contribution in [2.75, 3.05) is 26.3 Å². The van der Waals surface area contributed by atoms with Crippen LogP contribution in [0.4, 0.5) is 0 Å². The van der Waals surface area contributed by atoms with Crippen molar-refractivity contribution >= 4 is 24.8 Å². The highest BCUT2D eigenvalue weighted by Gasteiger charge is 2.29. The normalized spacial score (nSPS) is 20.5. The highest BCUT2D eigenvalue weighted by atomic mass is 35.5. The van der Waals surface area contributed by atoms with Gasteiger partial charge in [0.1, 0.15) is 0 Å². The SMILES string of the molecule is Cl.Cl.NCC1(CN)CCOCC1. The van der Waals surface area contributed by atoms with Gasteiger partial charge in [-0.3, -0.25) is 0 Å². The molecule has 1 aliphatic rings. The Bertz CT molecular complexity index is 102. The lowest BCUT2D eigenvalue weighted by atomic mass is 9.80. The summed E-state index contributed by atoms with van der Waals surface area (Å²) in [6.07, 6.45) is 2.06. The van der Waals surface area contributed by atoms with Crippen molar-refractivity contribution in [3.8, 4) is 0 Å². The van der Waals surface area contributed by atoms with E-state index in [1.807, 2.05) is 0 Å². The molecule has 0 amide bonds. The molecule has 3 nitrogen and oxygen atoms in total. The fourth-order valence-corrected chi connectivity index (χ4v) is 1.30. The molecule has 1 heterocycles. The van der Waals surface area contributed by atoms with Crippen LogP contribution in [0, 0.1) is 5.41 Å². The molecule has 76 valence electrons. The fraction of sp³-hybridized carbons (Fsp3) is 1.00. The molecule has 0 unspecified atom stereocenters. The zero-order chi connectivity index (χ0) is 7.45. The largest absolute Gasteiger partial charge is 0.381 e. The summed E-state index contributed by atoms with van der Waals surface area (Å²) in [4.78, 5) is 0. The van der Waals surface area contributed by atoms with Gasteiger partial charge in [0.15, 0.2) is 0 Å². The minimum Gasteiger partial charge on any atom is -0.381 e. The van der Waals surface area contributed by atoms with Crippen LogP contribution in [0.1, 0.15) is 12.8 Å². The molecule has 0 bridgehead atoms. The standard InChI is InChI=1S/C7H16N2O.2ClH/c8-5-7(6-9)1-3-10-4-2-7;;/h1-6,8-9H2;2*1H. The maximum atomic E-state index is 5.61. The molecule has 0 radical (unpaired) electrons. The summed E-state index contributed by atoms with van der Waals surface area (Å²) in [7, 11) is 0. The Morgan fingerprint density at radius 3 is 1.67 bits per heavy atom. The molecule has 0 aromatic rings. The van der Waals surface area contributed by atoms with E-state index in [4.69, 9.17) is 16.2 Å². The zero-order valence-corrected chi connectivity index (χ0v) is 8.76. The third kappa shape index (κ3) is 3.46. The van der Waals surface area contributed by atoms with Gasteiger partial charge < -0.3 is 16.2 Å². The number of hydrogen-bond donors (Lipinski definition) is 2. The summed E-state index contributed by atoms with van der Waals surface area (Å²) < 4.78 is 5.22. The van der Waals surface area contributed by atoms with E-state index in [0.29, 0.717) is 13.1 Å². The lowest BCUT2D eigenvalue weighted by molar-refractivity contribution is 0.0233. The molecule has 4 N–H and O–H groups in total. The molecule has 0 aliphatic carbocycles. The Hall–Kier alpha value is 0.460. The lowest BCUT2D eigenvalue weighted by Gasteiger charge is -2.34. The molecule has 5 heteroatoms. The van der Waals surface area contributed by atoms with Crippen molar-refractivity contribution in [2.45, 2.75) is 12.8 Å². The molecule has 0 spiro atoms. The third-order valence-electron chi connectivity index (χ3n) is 2.42. The van der Waals surface area contributed by atoms with E-state index in [1.54, 1.807) is 0 Å². The van der Waals surface area contributed by atoms with Crippen molar-refractivity contribution in [3.05, 3.63) is 0 Å². The van der Waals surface area contributed by atoms with Crippen molar-refractivity contribution in [1.29, 1.82) is 0 Å². The molecule has 0 aromatic carbocycles. The van der Waals surface area contributed by atoms with Crippen LogP contribution < -0.4 is 11.5 Å². The van der Waals surface area contributed by atoms with E-state index in [0.717, 1.165) is 26.1 Å². The summed E-state index contributed by atoms with van der Waals surface area (Å²) >= 11 is 0. The minimum atomic E-state index is 0. The summed E-state index contributed by atoms with van der Waals surface area (Å²) in [5.41, 5.74) is 11.4. The first-order valence-corrected chi connectivity index (χ1v) is 3.81. The van der Waals surface area contributed by atoms with Gasteiger partial charge >= 0.3 is 0 Å². The van der Waals surface area contributed by atoms with E-state index in [1.165, 1.54) is 0 Å². The summed E-state index contributed by atoms with van der Waals surface area (Å²) in [5, 5.41) is 0. The zero-order valence-electron chi connectivity index (χ0n) is 7.12. The van der Waals surface area contributed by atoms with Gasteiger partial charge in [0.25, 0.3) is 0 Å². The summed E-state index contributed by atoms with van der Waals surface area (Å²) in [6.45, 7) is 3.06. The van der Waals surface area contributed by atoms with Crippen molar-refractivity contribution in [2.24, 2.45) is 16.9 Å². The van der Waals surface area contributed by atoms with Crippen LogP contribution in [0.5, 0.6) is 0 Å². The molecule has 0 atom stereocenters. The average molecular weight is 217 g/mol. The second-order valence-electron chi connectivity index (χ2n) is 3.02. The number of nitrogens with two attached hydrogens (primary N) is 2. The van der Waals surface area contributed by atoms with Gasteiger partial charge in [0, 0.05) is 13.2 Å². The van der Waals surface area contributed by atoms with E-state index in [2.05, 4.69) is 0 Å². The van der Waals surface area contributed by atoms with Crippen LogP contribution in [-0.4, -0.2) is 26.3 Å². The molecule has 1 aliphatic heterocycles. The molecule has 1 rings (SSSR count). The first-order chi connectivity index (χ1) is 4.83. The lowest BCUT2D eigenvalue weighted by Crippen LogP contribution is -2.42. The second-order valence-corrected chi connectivity index (χ2v) is 3.02. The van der Waals surface area contributed by atoms with Crippen molar-refractivity contribution in [1.82, 2.24) is 0 Å². The van der Waals surface area contributed by atoms with Gasteiger partial charge in [-0.2, -0.15) is 0 Å². The first kappa shape index (κ1) is 15.0.